The number of carbonyl (C=O) groups is 1. The van der Waals surface area contributed by atoms with Crippen molar-refractivity contribution in [3.05, 3.63) is 0 Å². The second-order valence-corrected chi connectivity index (χ2v) is 5.99. The van der Waals surface area contributed by atoms with Crippen molar-refractivity contribution in [2.45, 2.75) is 45.7 Å². The van der Waals surface area contributed by atoms with E-state index in [1.165, 1.54) is 0 Å². The Labute approximate surface area is 111 Å². The van der Waals surface area contributed by atoms with Crippen LogP contribution in [0.1, 0.15) is 33.6 Å². The van der Waals surface area contributed by atoms with Crippen LogP contribution in [0, 0.1) is 5.92 Å². The second kappa shape index (κ2) is 6.02. The Morgan fingerprint density at radius 2 is 1.89 bits per heavy atom. The van der Waals surface area contributed by atoms with Gasteiger partial charge < -0.3 is 10.2 Å². The summed E-state index contributed by atoms with van der Waals surface area (Å²) in [6, 6.07) is 0.951. The standard InChI is InChI=1S/C14H27N3O/c1-11(2)16-8-9-17(12(3)10-16)14(18)13-4-6-15-7-5-13/h11-13,15H,4-10H2,1-3H3/t12-/m0/s1. The third kappa shape index (κ3) is 3.04. The molecule has 4 heteroatoms. The fraction of sp³-hybridized carbons (Fsp3) is 0.929. The van der Waals surface area contributed by atoms with Crippen molar-refractivity contribution in [1.82, 2.24) is 15.1 Å². The highest BCUT2D eigenvalue weighted by molar-refractivity contribution is 5.79. The molecule has 2 aliphatic rings. The number of hydrogen-bond acceptors (Lipinski definition) is 3. The molecule has 2 saturated heterocycles. The van der Waals surface area contributed by atoms with E-state index < -0.39 is 0 Å². The number of piperazine rings is 1. The van der Waals surface area contributed by atoms with Crippen molar-refractivity contribution >= 4 is 5.91 Å². The largest absolute Gasteiger partial charge is 0.337 e. The third-order valence-electron chi connectivity index (χ3n) is 4.36. The average Bonchev–Trinajstić information content (AvgIpc) is 2.38. The van der Waals surface area contributed by atoms with Gasteiger partial charge in [0.15, 0.2) is 0 Å². The van der Waals surface area contributed by atoms with Gasteiger partial charge in [-0.25, -0.2) is 0 Å². The summed E-state index contributed by atoms with van der Waals surface area (Å²) in [5.74, 6) is 0.659. The maximum atomic E-state index is 12.5. The van der Waals surface area contributed by atoms with Crippen LogP contribution >= 0.6 is 0 Å². The molecule has 0 aromatic rings. The molecule has 18 heavy (non-hydrogen) atoms. The maximum Gasteiger partial charge on any atom is 0.226 e. The summed E-state index contributed by atoms with van der Waals surface area (Å²) in [7, 11) is 0. The van der Waals surface area contributed by atoms with E-state index in [0.29, 0.717) is 18.0 Å². The molecular formula is C14H27N3O. The first-order chi connectivity index (χ1) is 8.59. The summed E-state index contributed by atoms with van der Waals surface area (Å²) in [5.41, 5.74) is 0. The molecule has 0 aliphatic carbocycles. The van der Waals surface area contributed by atoms with Crippen LogP contribution < -0.4 is 5.32 Å². The fourth-order valence-electron chi connectivity index (χ4n) is 3.09. The van der Waals surface area contributed by atoms with Gasteiger partial charge in [0, 0.05) is 37.6 Å². The zero-order valence-corrected chi connectivity index (χ0v) is 12.0. The van der Waals surface area contributed by atoms with E-state index in [-0.39, 0.29) is 5.92 Å². The van der Waals surface area contributed by atoms with E-state index in [2.05, 4.69) is 35.9 Å². The molecule has 0 aromatic heterocycles. The number of rotatable bonds is 2. The molecule has 1 amide bonds. The van der Waals surface area contributed by atoms with Crippen molar-refractivity contribution < 1.29 is 4.79 Å². The summed E-state index contributed by atoms with van der Waals surface area (Å²) in [6.07, 6.45) is 2.02. The minimum atomic E-state index is 0.263. The molecule has 2 fully saturated rings. The minimum Gasteiger partial charge on any atom is -0.337 e. The fourth-order valence-corrected chi connectivity index (χ4v) is 3.09. The summed E-state index contributed by atoms with van der Waals surface area (Å²) in [4.78, 5) is 17.1. The molecule has 1 N–H and O–H groups in total. The Kier molecular flexibility index (Phi) is 4.62. The zero-order valence-electron chi connectivity index (χ0n) is 12.0. The van der Waals surface area contributed by atoms with Crippen LogP contribution in [-0.2, 0) is 4.79 Å². The van der Waals surface area contributed by atoms with Gasteiger partial charge in [0.1, 0.15) is 0 Å². The van der Waals surface area contributed by atoms with E-state index in [0.717, 1.165) is 45.6 Å². The van der Waals surface area contributed by atoms with Gasteiger partial charge in [-0.05, 0) is 46.7 Å². The molecule has 2 aliphatic heterocycles. The summed E-state index contributed by atoms with van der Waals surface area (Å²) >= 11 is 0. The van der Waals surface area contributed by atoms with Gasteiger partial charge in [-0.1, -0.05) is 0 Å². The molecule has 0 unspecified atom stereocenters. The van der Waals surface area contributed by atoms with Crippen LogP contribution in [-0.4, -0.2) is 60.5 Å². The lowest BCUT2D eigenvalue weighted by Crippen LogP contribution is -2.57. The number of nitrogens with one attached hydrogen (secondary N) is 1. The molecule has 0 aromatic carbocycles. The van der Waals surface area contributed by atoms with Crippen molar-refractivity contribution in [2.75, 3.05) is 32.7 Å². The Morgan fingerprint density at radius 1 is 1.22 bits per heavy atom. The van der Waals surface area contributed by atoms with E-state index in [1.54, 1.807) is 0 Å². The molecule has 1 atom stereocenters. The van der Waals surface area contributed by atoms with Crippen LogP contribution in [0.15, 0.2) is 0 Å². The van der Waals surface area contributed by atoms with Crippen LogP contribution in [0.5, 0.6) is 0 Å². The SMILES string of the molecule is CC(C)N1CCN(C(=O)C2CCNCC2)[C@@H](C)C1. The lowest BCUT2D eigenvalue weighted by Gasteiger charge is -2.43. The topological polar surface area (TPSA) is 35.6 Å². The lowest BCUT2D eigenvalue weighted by atomic mass is 9.95. The molecule has 104 valence electrons. The van der Waals surface area contributed by atoms with Gasteiger partial charge in [0.05, 0.1) is 0 Å². The Morgan fingerprint density at radius 3 is 2.44 bits per heavy atom. The van der Waals surface area contributed by atoms with Gasteiger partial charge in [-0.15, -0.1) is 0 Å². The molecule has 0 spiro atoms. The van der Waals surface area contributed by atoms with E-state index in [4.69, 9.17) is 0 Å². The van der Waals surface area contributed by atoms with Gasteiger partial charge in [-0.3, -0.25) is 9.69 Å². The lowest BCUT2D eigenvalue weighted by molar-refractivity contribution is -0.141. The van der Waals surface area contributed by atoms with Crippen molar-refractivity contribution in [3.63, 3.8) is 0 Å². The summed E-state index contributed by atoms with van der Waals surface area (Å²) in [5, 5.41) is 3.33. The first-order valence-electron chi connectivity index (χ1n) is 7.35. The quantitative estimate of drug-likeness (QED) is 0.795. The molecule has 0 radical (unpaired) electrons. The van der Waals surface area contributed by atoms with Crippen LogP contribution in [0.2, 0.25) is 0 Å². The van der Waals surface area contributed by atoms with Crippen molar-refractivity contribution in [1.29, 1.82) is 0 Å². The monoisotopic (exact) mass is 253 g/mol. The smallest absolute Gasteiger partial charge is 0.226 e. The molecule has 2 heterocycles. The molecule has 2 rings (SSSR count). The van der Waals surface area contributed by atoms with E-state index in [9.17, 15) is 4.79 Å². The summed E-state index contributed by atoms with van der Waals surface area (Å²) < 4.78 is 0. The predicted molar refractivity (Wildman–Crippen MR) is 73.5 cm³/mol. The van der Waals surface area contributed by atoms with Gasteiger partial charge in [0.2, 0.25) is 5.91 Å². The maximum absolute atomic E-state index is 12.5. The molecule has 0 saturated carbocycles. The van der Waals surface area contributed by atoms with E-state index >= 15 is 0 Å². The van der Waals surface area contributed by atoms with Gasteiger partial charge >= 0.3 is 0 Å². The zero-order chi connectivity index (χ0) is 13.1. The van der Waals surface area contributed by atoms with Gasteiger partial charge in [0.25, 0.3) is 0 Å². The highest BCUT2D eigenvalue weighted by Gasteiger charge is 2.32. The number of amides is 1. The van der Waals surface area contributed by atoms with Crippen molar-refractivity contribution in [2.24, 2.45) is 5.92 Å². The highest BCUT2D eigenvalue weighted by atomic mass is 16.2. The molecule has 4 nitrogen and oxygen atoms in total. The normalized spacial score (nSPS) is 27.8. The van der Waals surface area contributed by atoms with E-state index in [1.807, 2.05) is 0 Å². The van der Waals surface area contributed by atoms with Gasteiger partial charge in [-0.2, -0.15) is 0 Å². The number of piperidine rings is 1. The second-order valence-electron chi connectivity index (χ2n) is 5.99. The Balaban J connectivity index is 1.91. The Bertz CT molecular complexity index is 287. The van der Waals surface area contributed by atoms with Crippen LogP contribution in [0.4, 0.5) is 0 Å². The van der Waals surface area contributed by atoms with Crippen LogP contribution in [0.25, 0.3) is 0 Å². The first kappa shape index (κ1) is 13.8. The van der Waals surface area contributed by atoms with Crippen LogP contribution in [0.3, 0.4) is 0 Å². The minimum absolute atomic E-state index is 0.263. The number of nitrogens with zero attached hydrogens (tertiary/aromatic N) is 2. The summed E-state index contributed by atoms with van der Waals surface area (Å²) in [6.45, 7) is 11.6. The number of carbonyl (C=O) groups excluding carboxylic acids is 1. The molecular weight excluding hydrogens is 226 g/mol. The first-order valence-corrected chi connectivity index (χ1v) is 7.35. The van der Waals surface area contributed by atoms with Crippen molar-refractivity contribution in [3.8, 4) is 0 Å². The molecule has 0 bridgehead atoms. The average molecular weight is 253 g/mol. The predicted octanol–water partition coefficient (Wildman–Crippen LogP) is 0.927. The highest BCUT2D eigenvalue weighted by Crippen LogP contribution is 2.20. The third-order valence-corrected chi connectivity index (χ3v) is 4.36. The Hall–Kier alpha value is -0.610. The number of hydrogen-bond donors (Lipinski definition) is 1.